The number of benzene rings is 2. The van der Waals surface area contributed by atoms with Crippen molar-refractivity contribution in [1.29, 1.82) is 0 Å². The number of amides is 3. The predicted octanol–water partition coefficient (Wildman–Crippen LogP) is 3.57. The van der Waals surface area contributed by atoms with Crippen LogP contribution in [0.2, 0.25) is 0 Å². The van der Waals surface area contributed by atoms with E-state index in [1.54, 1.807) is 24.3 Å². The summed E-state index contributed by atoms with van der Waals surface area (Å²) in [6.45, 7) is 9.57. The van der Waals surface area contributed by atoms with E-state index in [9.17, 15) is 14.4 Å². The molecule has 0 aliphatic carbocycles. The van der Waals surface area contributed by atoms with Crippen LogP contribution in [0.3, 0.4) is 0 Å². The van der Waals surface area contributed by atoms with Crippen molar-refractivity contribution in [1.82, 2.24) is 10.6 Å². The van der Waals surface area contributed by atoms with Gasteiger partial charge in [0.2, 0.25) is 17.7 Å². The maximum Gasteiger partial charge on any atom is 0.247 e. The average Bonchev–Trinajstić information content (AvgIpc) is 2.67. The minimum atomic E-state index is -0.854. The number of nitrogens with one attached hydrogen (secondary N) is 3. The lowest BCUT2D eigenvalue weighted by Gasteiger charge is -2.20. The number of hydrogen-bond donors (Lipinski definition) is 3. The molecule has 160 valence electrons. The van der Waals surface area contributed by atoms with Gasteiger partial charge in [-0.2, -0.15) is 0 Å². The van der Waals surface area contributed by atoms with Crippen LogP contribution in [0.5, 0.6) is 0 Å². The Morgan fingerprint density at radius 3 is 2.07 bits per heavy atom. The molecule has 0 fully saturated rings. The van der Waals surface area contributed by atoms with Crippen LogP contribution in [0.25, 0.3) is 0 Å². The molecule has 3 amide bonds. The summed E-state index contributed by atoms with van der Waals surface area (Å²) < 4.78 is 0. The van der Waals surface area contributed by atoms with Crippen LogP contribution in [0.15, 0.2) is 42.5 Å². The van der Waals surface area contributed by atoms with E-state index in [4.69, 9.17) is 0 Å². The standard InChI is InChI=1S/C24H31N3O3/c1-15(2)11-20(28)26-23(19-9-7-6-8-10-19)24(30)25-14-21(29)27-22-17(4)12-16(3)13-18(22)5/h6-10,12-13,15,23H,11,14H2,1-5H3,(H,25,30)(H,26,28)(H,27,29). The summed E-state index contributed by atoms with van der Waals surface area (Å²) in [5.74, 6) is -0.773. The van der Waals surface area contributed by atoms with Crippen molar-refractivity contribution in [2.24, 2.45) is 5.92 Å². The first-order valence-electron chi connectivity index (χ1n) is 10.2. The molecular weight excluding hydrogens is 378 g/mol. The highest BCUT2D eigenvalue weighted by Gasteiger charge is 2.23. The molecule has 0 aliphatic heterocycles. The smallest absolute Gasteiger partial charge is 0.247 e. The fourth-order valence-electron chi connectivity index (χ4n) is 3.37. The normalized spacial score (nSPS) is 11.7. The first-order chi connectivity index (χ1) is 14.2. The molecular formula is C24H31N3O3. The molecule has 1 unspecified atom stereocenters. The summed E-state index contributed by atoms with van der Waals surface area (Å²) in [7, 11) is 0. The van der Waals surface area contributed by atoms with E-state index in [2.05, 4.69) is 16.0 Å². The Bertz CT molecular complexity index is 884. The minimum absolute atomic E-state index is 0.177. The topological polar surface area (TPSA) is 87.3 Å². The van der Waals surface area contributed by atoms with Crippen molar-refractivity contribution in [3.05, 3.63) is 64.7 Å². The molecule has 0 spiro atoms. The zero-order chi connectivity index (χ0) is 22.3. The van der Waals surface area contributed by atoms with Crippen LogP contribution in [-0.4, -0.2) is 24.3 Å². The third kappa shape index (κ3) is 6.72. The van der Waals surface area contributed by atoms with Crippen LogP contribution in [0.4, 0.5) is 5.69 Å². The molecule has 2 rings (SSSR count). The Labute approximate surface area is 178 Å². The maximum atomic E-state index is 12.8. The number of anilines is 1. The van der Waals surface area contributed by atoms with E-state index in [1.807, 2.05) is 52.8 Å². The van der Waals surface area contributed by atoms with Gasteiger partial charge in [-0.25, -0.2) is 0 Å². The van der Waals surface area contributed by atoms with Gasteiger partial charge in [-0.3, -0.25) is 14.4 Å². The zero-order valence-corrected chi connectivity index (χ0v) is 18.3. The zero-order valence-electron chi connectivity index (χ0n) is 18.3. The second kappa shape index (κ2) is 10.6. The van der Waals surface area contributed by atoms with E-state index in [-0.39, 0.29) is 24.3 Å². The molecule has 0 saturated carbocycles. The molecule has 0 radical (unpaired) electrons. The molecule has 6 nitrogen and oxygen atoms in total. The lowest BCUT2D eigenvalue weighted by molar-refractivity contribution is -0.130. The number of rotatable bonds is 8. The first kappa shape index (κ1) is 23.1. The van der Waals surface area contributed by atoms with Crippen molar-refractivity contribution < 1.29 is 14.4 Å². The van der Waals surface area contributed by atoms with Crippen LogP contribution in [0, 0.1) is 26.7 Å². The largest absolute Gasteiger partial charge is 0.345 e. The molecule has 3 N–H and O–H groups in total. The molecule has 30 heavy (non-hydrogen) atoms. The molecule has 0 saturated heterocycles. The van der Waals surface area contributed by atoms with Gasteiger partial charge in [0.1, 0.15) is 6.04 Å². The summed E-state index contributed by atoms with van der Waals surface area (Å²) in [6.07, 6.45) is 0.322. The number of carbonyl (C=O) groups excluding carboxylic acids is 3. The first-order valence-corrected chi connectivity index (χ1v) is 10.2. The Morgan fingerprint density at radius 1 is 0.900 bits per heavy atom. The highest BCUT2D eigenvalue weighted by molar-refractivity contribution is 5.97. The van der Waals surface area contributed by atoms with Crippen molar-refractivity contribution in [2.75, 3.05) is 11.9 Å². The van der Waals surface area contributed by atoms with E-state index in [0.717, 1.165) is 22.4 Å². The van der Waals surface area contributed by atoms with Gasteiger partial charge >= 0.3 is 0 Å². The number of hydrogen-bond acceptors (Lipinski definition) is 3. The molecule has 1 atom stereocenters. The Morgan fingerprint density at radius 2 is 1.50 bits per heavy atom. The van der Waals surface area contributed by atoms with Crippen LogP contribution in [-0.2, 0) is 14.4 Å². The van der Waals surface area contributed by atoms with Gasteiger partial charge in [-0.05, 0) is 43.4 Å². The van der Waals surface area contributed by atoms with E-state index in [1.165, 1.54) is 0 Å². The summed E-state index contributed by atoms with van der Waals surface area (Å²) in [5, 5.41) is 8.29. The van der Waals surface area contributed by atoms with Crippen molar-refractivity contribution in [3.63, 3.8) is 0 Å². The van der Waals surface area contributed by atoms with Gasteiger partial charge in [0.05, 0.1) is 6.54 Å². The van der Waals surface area contributed by atoms with E-state index in [0.29, 0.717) is 12.0 Å². The second-order valence-corrected chi connectivity index (χ2v) is 8.05. The molecule has 0 aromatic heterocycles. The van der Waals surface area contributed by atoms with Crippen LogP contribution in [0.1, 0.15) is 48.6 Å². The summed E-state index contributed by atoms with van der Waals surface area (Å²) in [6, 6.07) is 12.1. The van der Waals surface area contributed by atoms with E-state index >= 15 is 0 Å². The Balaban J connectivity index is 2.04. The highest BCUT2D eigenvalue weighted by atomic mass is 16.2. The quantitative estimate of drug-likeness (QED) is 0.623. The number of aryl methyl sites for hydroxylation is 3. The third-order valence-corrected chi connectivity index (χ3v) is 4.66. The molecule has 0 heterocycles. The Kier molecular flexibility index (Phi) is 8.16. The molecule has 0 bridgehead atoms. The third-order valence-electron chi connectivity index (χ3n) is 4.66. The van der Waals surface area contributed by atoms with Crippen molar-refractivity contribution >= 4 is 23.4 Å². The van der Waals surface area contributed by atoms with Crippen molar-refractivity contribution in [2.45, 2.75) is 47.1 Å². The fourth-order valence-corrected chi connectivity index (χ4v) is 3.37. The van der Waals surface area contributed by atoms with Crippen LogP contribution >= 0.6 is 0 Å². The molecule has 6 heteroatoms. The lowest BCUT2D eigenvalue weighted by Crippen LogP contribution is -2.43. The SMILES string of the molecule is Cc1cc(C)c(NC(=O)CNC(=O)C(NC(=O)CC(C)C)c2ccccc2)c(C)c1. The van der Waals surface area contributed by atoms with Gasteiger partial charge in [-0.15, -0.1) is 0 Å². The van der Waals surface area contributed by atoms with E-state index < -0.39 is 11.9 Å². The maximum absolute atomic E-state index is 12.8. The summed E-state index contributed by atoms with van der Waals surface area (Å²) in [5.41, 5.74) is 4.48. The molecule has 2 aromatic carbocycles. The second-order valence-electron chi connectivity index (χ2n) is 8.05. The summed E-state index contributed by atoms with van der Waals surface area (Å²) >= 11 is 0. The molecule has 2 aromatic rings. The Hall–Kier alpha value is -3.15. The fraction of sp³-hybridized carbons (Fsp3) is 0.375. The minimum Gasteiger partial charge on any atom is -0.345 e. The molecule has 0 aliphatic rings. The number of carbonyl (C=O) groups is 3. The van der Waals surface area contributed by atoms with Crippen molar-refractivity contribution in [3.8, 4) is 0 Å². The summed E-state index contributed by atoms with van der Waals surface area (Å²) in [4.78, 5) is 37.5. The van der Waals surface area contributed by atoms with Gasteiger partial charge < -0.3 is 16.0 Å². The lowest BCUT2D eigenvalue weighted by atomic mass is 10.0. The van der Waals surface area contributed by atoms with Gasteiger partial charge in [0.25, 0.3) is 0 Å². The van der Waals surface area contributed by atoms with Gasteiger partial charge in [0.15, 0.2) is 0 Å². The van der Waals surface area contributed by atoms with Gasteiger partial charge in [0, 0.05) is 12.1 Å². The highest BCUT2D eigenvalue weighted by Crippen LogP contribution is 2.21. The average molecular weight is 410 g/mol. The predicted molar refractivity (Wildman–Crippen MR) is 119 cm³/mol. The monoisotopic (exact) mass is 409 g/mol. The van der Waals surface area contributed by atoms with Gasteiger partial charge in [-0.1, -0.05) is 61.9 Å². The van der Waals surface area contributed by atoms with Crippen LogP contribution < -0.4 is 16.0 Å².